The number of sulfonamides is 2. The molecule has 2 heterocycles. The Morgan fingerprint density at radius 3 is 2.42 bits per heavy atom. The molecule has 1 aliphatic rings. The maximum absolute atomic E-state index is 12.8. The second kappa shape index (κ2) is 9.07. The summed E-state index contributed by atoms with van der Waals surface area (Å²) < 4.78 is 59.5. The highest BCUT2D eigenvalue weighted by Gasteiger charge is 2.29. The summed E-state index contributed by atoms with van der Waals surface area (Å²) in [4.78, 5) is 12.5. The van der Waals surface area contributed by atoms with E-state index < -0.39 is 32.0 Å². The fourth-order valence-electron chi connectivity index (χ4n) is 3.44. The number of aryl methyl sites for hydroxylation is 2. The number of hydrogen-bond donors (Lipinski definition) is 2. The Labute approximate surface area is 182 Å². The molecule has 170 valence electrons. The Kier molecular flexibility index (Phi) is 6.84. The fourth-order valence-corrected chi connectivity index (χ4v) is 6.54. The van der Waals surface area contributed by atoms with E-state index in [1.807, 2.05) is 0 Å². The molecule has 1 atom stereocenters. The fraction of sp³-hybridized carbons (Fsp3) is 0.474. The van der Waals surface area contributed by atoms with Crippen molar-refractivity contribution in [1.82, 2.24) is 14.2 Å². The smallest absolute Gasteiger partial charge is 0.246 e. The normalized spacial score (nSPS) is 16.7. The Hall–Kier alpha value is -2.28. The van der Waals surface area contributed by atoms with Gasteiger partial charge in [0, 0.05) is 18.8 Å². The lowest BCUT2D eigenvalue weighted by atomic mass is 10.2. The van der Waals surface area contributed by atoms with Crippen LogP contribution in [-0.2, 0) is 24.8 Å². The van der Waals surface area contributed by atoms with Gasteiger partial charge in [-0.15, -0.1) is 0 Å². The standard InChI is InChI=1S/C19H26N4O6S2/c1-13-18(15(3)29-21-13)30(25,26)22-14(2)19(24)20-16-8-7-9-17(12-16)31(27,28)23-10-5-4-6-11-23/h7-9,12,14,22H,4-6,10-11H2,1-3H3,(H,20,24)/t14-/m0/s1. The molecule has 2 N–H and O–H groups in total. The van der Waals surface area contributed by atoms with Crippen molar-refractivity contribution in [2.75, 3.05) is 18.4 Å². The van der Waals surface area contributed by atoms with Crippen molar-refractivity contribution < 1.29 is 26.2 Å². The van der Waals surface area contributed by atoms with Crippen molar-refractivity contribution in [1.29, 1.82) is 0 Å². The summed E-state index contributed by atoms with van der Waals surface area (Å²) in [5.41, 5.74) is 0.444. The number of benzene rings is 1. The average Bonchev–Trinajstić information content (AvgIpc) is 3.07. The molecule has 1 fully saturated rings. The van der Waals surface area contributed by atoms with Crippen molar-refractivity contribution in [2.45, 2.75) is 55.9 Å². The molecule has 1 saturated heterocycles. The van der Waals surface area contributed by atoms with Gasteiger partial charge in [-0.25, -0.2) is 16.8 Å². The van der Waals surface area contributed by atoms with E-state index in [1.165, 1.54) is 43.3 Å². The van der Waals surface area contributed by atoms with Crippen molar-refractivity contribution in [3.63, 3.8) is 0 Å². The lowest BCUT2D eigenvalue weighted by molar-refractivity contribution is -0.117. The first kappa shape index (κ1) is 23.4. The second-order valence-electron chi connectivity index (χ2n) is 7.48. The van der Waals surface area contributed by atoms with Crippen molar-refractivity contribution >= 4 is 31.6 Å². The number of hydrogen-bond acceptors (Lipinski definition) is 7. The van der Waals surface area contributed by atoms with E-state index in [0.29, 0.717) is 13.1 Å². The van der Waals surface area contributed by atoms with E-state index >= 15 is 0 Å². The number of carbonyl (C=O) groups is 1. The lowest BCUT2D eigenvalue weighted by Gasteiger charge is -2.26. The minimum Gasteiger partial charge on any atom is -0.360 e. The number of nitrogens with one attached hydrogen (secondary N) is 2. The summed E-state index contributed by atoms with van der Waals surface area (Å²) in [5.74, 6) is -0.518. The molecule has 1 amide bonds. The molecule has 10 nitrogen and oxygen atoms in total. The number of aromatic nitrogens is 1. The number of piperidine rings is 1. The maximum atomic E-state index is 12.8. The molecule has 0 unspecified atom stereocenters. The van der Waals surface area contributed by atoms with Gasteiger partial charge in [0.25, 0.3) is 0 Å². The molecule has 3 rings (SSSR count). The van der Waals surface area contributed by atoms with Gasteiger partial charge in [-0.05, 0) is 51.8 Å². The van der Waals surface area contributed by atoms with Crippen LogP contribution >= 0.6 is 0 Å². The lowest BCUT2D eigenvalue weighted by Crippen LogP contribution is -2.41. The molecule has 0 spiro atoms. The van der Waals surface area contributed by atoms with Crippen LogP contribution in [-0.4, -0.2) is 51.3 Å². The van der Waals surface area contributed by atoms with Crippen LogP contribution in [0.4, 0.5) is 5.69 Å². The zero-order valence-corrected chi connectivity index (χ0v) is 19.2. The second-order valence-corrected chi connectivity index (χ2v) is 11.1. The largest absolute Gasteiger partial charge is 0.360 e. The quantitative estimate of drug-likeness (QED) is 0.629. The van der Waals surface area contributed by atoms with Gasteiger partial charge >= 0.3 is 0 Å². The van der Waals surface area contributed by atoms with Gasteiger partial charge in [0.2, 0.25) is 26.0 Å². The van der Waals surface area contributed by atoms with Gasteiger partial charge in [-0.3, -0.25) is 4.79 Å². The molecule has 12 heteroatoms. The first-order valence-corrected chi connectivity index (χ1v) is 12.8. The Morgan fingerprint density at radius 2 is 1.81 bits per heavy atom. The van der Waals surface area contributed by atoms with Gasteiger partial charge in [-0.2, -0.15) is 9.03 Å². The zero-order valence-electron chi connectivity index (χ0n) is 17.6. The van der Waals surface area contributed by atoms with Crippen molar-refractivity contribution in [3.8, 4) is 0 Å². The van der Waals surface area contributed by atoms with Crippen LogP contribution in [0.5, 0.6) is 0 Å². The summed E-state index contributed by atoms with van der Waals surface area (Å²) in [7, 11) is -7.69. The molecule has 0 aliphatic carbocycles. The van der Waals surface area contributed by atoms with Crippen LogP contribution in [0.2, 0.25) is 0 Å². The third kappa shape index (κ3) is 5.14. The predicted molar refractivity (Wildman–Crippen MR) is 113 cm³/mol. The van der Waals surface area contributed by atoms with E-state index in [-0.39, 0.29) is 26.9 Å². The molecule has 2 aromatic rings. The zero-order chi connectivity index (χ0) is 22.8. The number of nitrogens with zero attached hydrogens (tertiary/aromatic N) is 2. The third-order valence-electron chi connectivity index (χ3n) is 5.02. The number of rotatable bonds is 7. The monoisotopic (exact) mass is 470 g/mol. The summed E-state index contributed by atoms with van der Waals surface area (Å²) in [6, 6.07) is 4.80. The third-order valence-corrected chi connectivity index (χ3v) is 8.70. The molecule has 1 aromatic carbocycles. The first-order chi connectivity index (χ1) is 14.5. The minimum absolute atomic E-state index is 0.0798. The van der Waals surface area contributed by atoms with Gasteiger partial charge in [0.05, 0.1) is 10.9 Å². The van der Waals surface area contributed by atoms with Crippen molar-refractivity contribution in [2.24, 2.45) is 0 Å². The Morgan fingerprint density at radius 1 is 1.13 bits per heavy atom. The van der Waals surface area contributed by atoms with Gasteiger partial charge < -0.3 is 9.84 Å². The van der Waals surface area contributed by atoms with Gasteiger partial charge in [0.15, 0.2) is 5.76 Å². The van der Waals surface area contributed by atoms with Gasteiger partial charge in [0.1, 0.15) is 10.6 Å². The molecule has 1 aliphatic heterocycles. The van der Waals surface area contributed by atoms with E-state index in [4.69, 9.17) is 4.52 Å². The summed E-state index contributed by atoms with van der Waals surface area (Å²) in [6.07, 6.45) is 2.64. The minimum atomic E-state index is -4.03. The molecular weight excluding hydrogens is 444 g/mol. The van der Waals surface area contributed by atoms with E-state index in [1.54, 1.807) is 6.07 Å². The van der Waals surface area contributed by atoms with Crippen LogP contribution in [0.3, 0.4) is 0 Å². The molecular formula is C19H26N4O6S2. The van der Waals surface area contributed by atoms with Crippen LogP contribution in [0.25, 0.3) is 0 Å². The summed E-state index contributed by atoms with van der Waals surface area (Å²) >= 11 is 0. The Balaban J connectivity index is 1.72. The highest BCUT2D eigenvalue weighted by atomic mass is 32.2. The number of amides is 1. The molecule has 31 heavy (non-hydrogen) atoms. The average molecular weight is 471 g/mol. The Bertz CT molecular complexity index is 1150. The number of carbonyl (C=O) groups excluding carboxylic acids is 1. The van der Waals surface area contributed by atoms with Crippen molar-refractivity contribution in [3.05, 3.63) is 35.7 Å². The molecule has 1 aromatic heterocycles. The molecule has 0 saturated carbocycles. The number of anilines is 1. The van der Waals surface area contributed by atoms with E-state index in [9.17, 15) is 21.6 Å². The molecule has 0 radical (unpaired) electrons. The predicted octanol–water partition coefficient (Wildman–Crippen LogP) is 1.77. The molecule has 0 bridgehead atoms. The first-order valence-electron chi connectivity index (χ1n) is 9.88. The van der Waals surface area contributed by atoms with E-state index in [2.05, 4.69) is 15.2 Å². The highest BCUT2D eigenvalue weighted by Crippen LogP contribution is 2.23. The SMILES string of the molecule is Cc1noc(C)c1S(=O)(=O)N[C@@H](C)C(=O)Nc1cccc(S(=O)(=O)N2CCCCC2)c1. The summed E-state index contributed by atoms with van der Waals surface area (Å²) in [5, 5.41) is 6.18. The van der Waals surface area contributed by atoms with Crippen LogP contribution in [0, 0.1) is 13.8 Å². The van der Waals surface area contributed by atoms with Crippen LogP contribution in [0.15, 0.2) is 38.6 Å². The van der Waals surface area contributed by atoms with Gasteiger partial charge in [-0.1, -0.05) is 17.6 Å². The topological polar surface area (TPSA) is 139 Å². The maximum Gasteiger partial charge on any atom is 0.246 e. The van der Waals surface area contributed by atoms with Crippen LogP contribution in [0.1, 0.15) is 37.6 Å². The van der Waals surface area contributed by atoms with E-state index in [0.717, 1.165) is 19.3 Å². The highest BCUT2D eigenvalue weighted by molar-refractivity contribution is 7.89. The van der Waals surface area contributed by atoms with Crippen LogP contribution < -0.4 is 10.0 Å². The summed E-state index contributed by atoms with van der Waals surface area (Å²) in [6.45, 7) is 5.29.